The van der Waals surface area contributed by atoms with Gasteiger partial charge in [0.25, 0.3) is 5.91 Å². The Morgan fingerprint density at radius 1 is 1.30 bits per heavy atom. The highest BCUT2D eigenvalue weighted by Gasteiger charge is 2.11. The quantitative estimate of drug-likeness (QED) is 0.784. The Balaban J connectivity index is 2.86. The number of amides is 1. The van der Waals surface area contributed by atoms with E-state index >= 15 is 0 Å². The van der Waals surface area contributed by atoms with Crippen LogP contribution >= 0.6 is 0 Å². The highest BCUT2D eigenvalue weighted by atomic mass is 16.4. The van der Waals surface area contributed by atoms with E-state index in [0.29, 0.717) is 5.56 Å². The minimum absolute atomic E-state index is 0.0874. The van der Waals surface area contributed by atoms with Crippen LogP contribution in [0.5, 0.6) is 0 Å². The molecular formula is C16H21NO3. The fourth-order valence-electron chi connectivity index (χ4n) is 1.93. The van der Waals surface area contributed by atoms with Crippen LogP contribution in [0.25, 0.3) is 6.08 Å². The maximum absolute atomic E-state index is 12.1. The van der Waals surface area contributed by atoms with Gasteiger partial charge < -0.3 is 10.4 Å². The Bertz CT molecular complexity index is 516. The molecule has 108 valence electrons. The van der Waals surface area contributed by atoms with Crippen LogP contribution in [0.1, 0.15) is 48.2 Å². The molecule has 0 aliphatic heterocycles. The molecule has 0 unspecified atom stereocenters. The van der Waals surface area contributed by atoms with Crippen molar-refractivity contribution in [2.24, 2.45) is 0 Å². The zero-order chi connectivity index (χ0) is 15.1. The normalized spacial score (nSPS) is 11.0. The number of nitrogens with one attached hydrogen (secondary N) is 1. The topological polar surface area (TPSA) is 66.4 Å². The summed E-state index contributed by atoms with van der Waals surface area (Å²) >= 11 is 0. The van der Waals surface area contributed by atoms with Crippen LogP contribution in [0.15, 0.2) is 24.3 Å². The molecule has 4 nitrogen and oxygen atoms in total. The van der Waals surface area contributed by atoms with Crippen molar-refractivity contribution >= 4 is 18.0 Å². The van der Waals surface area contributed by atoms with E-state index in [1.165, 1.54) is 6.08 Å². The maximum atomic E-state index is 12.1. The Labute approximate surface area is 119 Å². The molecule has 1 amide bonds. The lowest BCUT2D eigenvalue weighted by Gasteiger charge is -2.15. The molecule has 0 aliphatic rings. The average Bonchev–Trinajstić information content (AvgIpc) is 2.42. The first kappa shape index (κ1) is 16.0. The van der Waals surface area contributed by atoms with E-state index in [9.17, 15) is 9.59 Å². The van der Waals surface area contributed by atoms with E-state index < -0.39 is 5.97 Å². The van der Waals surface area contributed by atoms with Gasteiger partial charge in [-0.2, -0.15) is 0 Å². The predicted octanol–water partition coefficient (Wildman–Crippen LogP) is 3.01. The van der Waals surface area contributed by atoms with Gasteiger partial charge in [0.2, 0.25) is 0 Å². The number of carboxylic acids is 1. The number of carbonyl (C=O) groups is 2. The highest BCUT2D eigenvalue weighted by molar-refractivity contribution is 5.95. The largest absolute Gasteiger partial charge is 0.478 e. The standard InChI is InChI=1S/C16H21NO3/c1-4-14(5-2)17-16(20)13-7-6-12(11(3)10-13)8-9-15(18)19/h6-10,14H,4-5H2,1-3H3,(H,17,20)(H,18,19)/b9-8+. The number of hydrogen-bond donors (Lipinski definition) is 2. The molecule has 2 N–H and O–H groups in total. The average molecular weight is 275 g/mol. The molecule has 0 atom stereocenters. The first-order valence-electron chi connectivity index (χ1n) is 6.80. The van der Waals surface area contributed by atoms with Gasteiger partial charge in [0.1, 0.15) is 0 Å². The van der Waals surface area contributed by atoms with Crippen molar-refractivity contribution in [3.8, 4) is 0 Å². The molecule has 1 aromatic carbocycles. The number of rotatable bonds is 6. The molecule has 0 spiro atoms. The molecule has 0 aliphatic carbocycles. The van der Waals surface area contributed by atoms with Crippen molar-refractivity contribution in [3.05, 3.63) is 41.0 Å². The van der Waals surface area contributed by atoms with Crippen molar-refractivity contribution in [1.29, 1.82) is 0 Å². The van der Waals surface area contributed by atoms with Gasteiger partial charge in [0, 0.05) is 17.7 Å². The lowest BCUT2D eigenvalue weighted by molar-refractivity contribution is -0.131. The summed E-state index contributed by atoms with van der Waals surface area (Å²) in [6.45, 7) is 5.94. The smallest absolute Gasteiger partial charge is 0.328 e. The molecule has 1 rings (SSSR count). The van der Waals surface area contributed by atoms with Crippen LogP contribution in [-0.2, 0) is 4.79 Å². The lowest BCUT2D eigenvalue weighted by atomic mass is 10.0. The monoisotopic (exact) mass is 275 g/mol. The van der Waals surface area contributed by atoms with Crippen molar-refractivity contribution in [2.75, 3.05) is 0 Å². The Morgan fingerprint density at radius 2 is 1.95 bits per heavy atom. The second kappa shape index (κ2) is 7.48. The highest BCUT2D eigenvalue weighted by Crippen LogP contribution is 2.13. The van der Waals surface area contributed by atoms with Crippen LogP contribution in [0.4, 0.5) is 0 Å². The van der Waals surface area contributed by atoms with E-state index in [4.69, 9.17) is 5.11 Å². The van der Waals surface area contributed by atoms with E-state index in [1.807, 2.05) is 20.8 Å². The van der Waals surface area contributed by atoms with Crippen molar-refractivity contribution in [2.45, 2.75) is 39.7 Å². The summed E-state index contributed by atoms with van der Waals surface area (Å²) < 4.78 is 0. The predicted molar refractivity (Wildman–Crippen MR) is 79.7 cm³/mol. The summed E-state index contributed by atoms with van der Waals surface area (Å²) in [5, 5.41) is 11.6. The second-order valence-corrected chi connectivity index (χ2v) is 4.73. The summed E-state index contributed by atoms with van der Waals surface area (Å²) in [6, 6.07) is 5.44. The number of carbonyl (C=O) groups excluding carboxylic acids is 1. The van der Waals surface area contributed by atoms with Crippen LogP contribution in [0, 0.1) is 6.92 Å². The third-order valence-corrected chi connectivity index (χ3v) is 3.26. The number of hydrogen-bond acceptors (Lipinski definition) is 2. The van der Waals surface area contributed by atoms with Crippen LogP contribution in [0.2, 0.25) is 0 Å². The fraction of sp³-hybridized carbons (Fsp3) is 0.375. The molecule has 0 saturated carbocycles. The summed E-state index contributed by atoms with van der Waals surface area (Å²) in [4.78, 5) is 22.6. The maximum Gasteiger partial charge on any atom is 0.328 e. The van der Waals surface area contributed by atoms with Gasteiger partial charge in [0.15, 0.2) is 0 Å². The van der Waals surface area contributed by atoms with E-state index in [2.05, 4.69) is 5.32 Å². The number of aliphatic carboxylic acids is 1. The van der Waals surface area contributed by atoms with Gasteiger partial charge in [-0.3, -0.25) is 4.79 Å². The summed E-state index contributed by atoms with van der Waals surface area (Å²) in [7, 11) is 0. The minimum Gasteiger partial charge on any atom is -0.478 e. The minimum atomic E-state index is -0.986. The van der Waals surface area contributed by atoms with E-state index in [0.717, 1.165) is 30.0 Å². The molecule has 0 heterocycles. The first-order valence-corrected chi connectivity index (χ1v) is 6.80. The molecular weight excluding hydrogens is 254 g/mol. The Morgan fingerprint density at radius 3 is 2.45 bits per heavy atom. The van der Waals surface area contributed by atoms with Gasteiger partial charge in [-0.05, 0) is 49.1 Å². The summed E-state index contributed by atoms with van der Waals surface area (Å²) in [5.74, 6) is -1.07. The SMILES string of the molecule is CCC(CC)NC(=O)c1ccc(/C=C/C(=O)O)c(C)c1. The van der Waals surface area contributed by atoms with Crippen molar-refractivity contribution in [3.63, 3.8) is 0 Å². The molecule has 0 saturated heterocycles. The van der Waals surface area contributed by atoms with Gasteiger partial charge in [-0.25, -0.2) is 4.79 Å². The van der Waals surface area contributed by atoms with Crippen LogP contribution in [0.3, 0.4) is 0 Å². The molecule has 0 radical (unpaired) electrons. The van der Waals surface area contributed by atoms with Crippen molar-refractivity contribution in [1.82, 2.24) is 5.32 Å². The summed E-state index contributed by atoms with van der Waals surface area (Å²) in [5.41, 5.74) is 2.27. The number of carboxylic acid groups (broad SMARTS) is 1. The third-order valence-electron chi connectivity index (χ3n) is 3.26. The van der Waals surface area contributed by atoms with E-state index in [-0.39, 0.29) is 11.9 Å². The third kappa shape index (κ3) is 4.53. The van der Waals surface area contributed by atoms with E-state index in [1.54, 1.807) is 18.2 Å². The number of benzene rings is 1. The lowest BCUT2D eigenvalue weighted by Crippen LogP contribution is -2.33. The molecule has 20 heavy (non-hydrogen) atoms. The summed E-state index contributed by atoms with van der Waals surface area (Å²) in [6.07, 6.45) is 4.42. The fourth-order valence-corrected chi connectivity index (χ4v) is 1.93. The zero-order valence-corrected chi connectivity index (χ0v) is 12.1. The van der Waals surface area contributed by atoms with Crippen LogP contribution in [-0.4, -0.2) is 23.0 Å². The number of aryl methyl sites for hydroxylation is 1. The zero-order valence-electron chi connectivity index (χ0n) is 12.1. The molecule has 4 heteroatoms. The van der Waals surface area contributed by atoms with Crippen LogP contribution < -0.4 is 5.32 Å². The van der Waals surface area contributed by atoms with Gasteiger partial charge in [-0.15, -0.1) is 0 Å². The molecule has 0 fully saturated rings. The Hall–Kier alpha value is -2.10. The second-order valence-electron chi connectivity index (χ2n) is 4.73. The molecule has 1 aromatic rings. The van der Waals surface area contributed by atoms with Gasteiger partial charge in [0.05, 0.1) is 0 Å². The van der Waals surface area contributed by atoms with Gasteiger partial charge >= 0.3 is 5.97 Å². The van der Waals surface area contributed by atoms with Gasteiger partial charge in [-0.1, -0.05) is 19.9 Å². The molecule has 0 aromatic heterocycles. The molecule has 0 bridgehead atoms. The Kier molecular flexibility index (Phi) is 5.97. The van der Waals surface area contributed by atoms with Crippen molar-refractivity contribution < 1.29 is 14.7 Å². The first-order chi connectivity index (χ1) is 9.47.